The van der Waals surface area contributed by atoms with Crippen LogP contribution in [0.4, 0.5) is 11.4 Å². The summed E-state index contributed by atoms with van der Waals surface area (Å²) in [4.78, 5) is 22.5. The first-order chi connectivity index (χ1) is 10.4. The summed E-state index contributed by atoms with van der Waals surface area (Å²) in [7, 11) is 0. The summed E-state index contributed by atoms with van der Waals surface area (Å²) in [6, 6.07) is 9.06. The first kappa shape index (κ1) is 15.5. The minimum Gasteiger partial charge on any atom is -0.507 e. The number of rotatable bonds is 4. The Morgan fingerprint density at radius 2 is 2.00 bits per heavy atom. The first-order valence-corrected chi connectivity index (χ1v) is 6.80. The molecule has 2 N–H and O–H groups in total. The van der Waals surface area contributed by atoms with E-state index in [2.05, 4.69) is 5.32 Å². The number of aryl methyl sites for hydroxylation is 2. The van der Waals surface area contributed by atoms with Gasteiger partial charge in [0.15, 0.2) is 0 Å². The van der Waals surface area contributed by atoms with Gasteiger partial charge >= 0.3 is 0 Å². The maximum Gasteiger partial charge on any atom is 0.269 e. The number of nitro benzene ring substituents is 1. The maximum atomic E-state index is 12.3. The molecule has 0 aliphatic carbocycles. The van der Waals surface area contributed by atoms with Crippen LogP contribution in [0, 0.1) is 17.0 Å². The van der Waals surface area contributed by atoms with E-state index in [-0.39, 0.29) is 17.0 Å². The second kappa shape index (κ2) is 6.26. The van der Waals surface area contributed by atoms with Crippen LogP contribution in [0.15, 0.2) is 36.4 Å². The summed E-state index contributed by atoms with van der Waals surface area (Å²) in [5.74, 6) is -0.556. The standard InChI is InChI=1S/C16H16N2O4/c1-3-11-4-7-15(19)13(9-11)16(20)17-14-6-5-12(18(21)22)8-10(14)2/h4-9,19H,3H2,1-2H3,(H,17,20). The third-order valence-corrected chi connectivity index (χ3v) is 3.38. The van der Waals surface area contributed by atoms with Crippen LogP contribution in [0.1, 0.15) is 28.4 Å². The number of nitrogens with zero attached hydrogens (tertiary/aromatic N) is 1. The number of phenols is 1. The number of anilines is 1. The third-order valence-electron chi connectivity index (χ3n) is 3.38. The van der Waals surface area contributed by atoms with Crippen molar-refractivity contribution in [3.05, 3.63) is 63.2 Å². The Labute approximate surface area is 127 Å². The summed E-state index contributed by atoms with van der Waals surface area (Å²) >= 11 is 0. The van der Waals surface area contributed by atoms with Gasteiger partial charge in [-0.1, -0.05) is 13.0 Å². The van der Waals surface area contributed by atoms with Crippen LogP contribution in [-0.2, 0) is 6.42 Å². The minimum absolute atomic E-state index is 0.0358. The first-order valence-electron chi connectivity index (χ1n) is 6.80. The van der Waals surface area contributed by atoms with Gasteiger partial charge < -0.3 is 10.4 Å². The summed E-state index contributed by atoms with van der Waals surface area (Å²) < 4.78 is 0. The van der Waals surface area contributed by atoms with Gasteiger partial charge in [0.1, 0.15) is 5.75 Å². The second-order valence-electron chi connectivity index (χ2n) is 4.92. The highest BCUT2D eigenvalue weighted by Crippen LogP contribution is 2.24. The molecule has 0 saturated carbocycles. The van der Waals surface area contributed by atoms with Gasteiger partial charge in [-0.3, -0.25) is 14.9 Å². The van der Waals surface area contributed by atoms with E-state index in [9.17, 15) is 20.0 Å². The highest BCUT2D eigenvalue weighted by atomic mass is 16.6. The van der Waals surface area contributed by atoms with Gasteiger partial charge in [0.25, 0.3) is 11.6 Å². The molecule has 0 radical (unpaired) electrons. The zero-order valence-electron chi connectivity index (χ0n) is 12.3. The van der Waals surface area contributed by atoms with Gasteiger partial charge in [0, 0.05) is 17.8 Å². The van der Waals surface area contributed by atoms with Crippen molar-refractivity contribution in [1.29, 1.82) is 0 Å². The van der Waals surface area contributed by atoms with Crippen LogP contribution in [-0.4, -0.2) is 15.9 Å². The summed E-state index contributed by atoms with van der Waals surface area (Å²) in [6.45, 7) is 3.62. The van der Waals surface area contributed by atoms with Crippen molar-refractivity contribution >= 4 is 17.3 Å². The topological polar surface area (TPSA) is 92.5 Å². The van der Waals surface area contributed by atoms with Crippen LogP contribution in [0.2, 0.25) is 0 Å². The van der Waals surface area contributed by atoms with Crippen LogP contribution >= 0.6 is 0 Å². The fourth-order valence-electron chi connectivity index (χ4n) is 2.08. The van der Waals surface area contributed by atoms with E-state index in [1.54, 1.807) is 19.1 Å². The van der Waals surface area contributed by atoms with Gasteiger partial charge in [-0.2, -0.15) is 0 Å². The number of phenolic OH excluding ortho intramolecular Hbond substituents is 1. The molecule has 6 heteroatoms. The van der Waals surface area contributed by atoms with Crippen molar-refractivity contribution in [2.45, 2.75) is 20.3 Å². The molecule has 0 fully saturated rings. The normalized spacial score (nSPS) is 10.3. The van der Waals surface area contributed by atoms with Gasteiger partial charge in [-0.15, -0.1) is 0 Å². The summed E-state index contributed by atoms with van der Waals surface area (Å²) in [5.41, 5.74) is 2.12. The lowest BCUT2D eigenvalue weighted by atomic mass is 10.1. The molecule has 0 heterocycles. The Morgan fingerprint density at radius 3 is 2.59 bits per heavy atom. The van der Waals surface area contributed by atoms with Crippen molar-refractivity contribution in [3.63, 3.8) is 0 Å². The maximum absolute atomic E-state index is 12.3. The largest absolute Gasteiger partial charge is 0.507 e. The molecule has 2 rings (SSSR count). The molecule has 6 nitrogen and oxygen atoms in total. The average molecular weight is 300 g/mol. The Kier molecular flexibility index (Phi) is 4.41. The molecule has 0 aliphatic rings. The van der Waals surface area contributed by atoms with Crippen molar-refractivity contribution < 1.29 is 14.8 Å². The number of aromatic hydroxyl groups is 1. The lowest BCUT2D eigenvalue weighted by molar-refractivity contribution is -0.384. The monoisotopic (exact) mass is 300 g/mol. The van der Waals surface area contributed by atoms with Crippen molar-refractivity contribution in [2.75, 3.05) is 5.32 Å². The zero-order chi connectivity index (χ0) is 16.3. The fraction of sp³-hybridized carbons (Fsp3) is 0.188. The molecule has 2 aromatic carbocycles. The van der Waals surface area contributed by atoms with Crippen LogP contribution in [0.3, 0.4) is 0 Å². The summed E-state index contributed by atoms with van der Waals surface area (Å²) in [6.07, 6.45) is 0.747. The zero-order valence-corrected chi connectivity index (χ0v) is 12.3. The number of nitrogens with one attached hydrogen (secondary N) is 1. The molecule has 1 amide bonds. The predicted octanol–water partition coefficient (Wildman–Crippen LogP) is 3.42. The molecule has 0 saturated heterocycles. The third kappa shape index (κ3) is 3.22. The summed E-state index contributed by atoms with van der Waals surface area (Å²) in [5, 5.41) is 23.2. The van der Waals surface area contributed by atoms with Gasteiger partial charge in [-0.05, 0) is 42.7 Å². The number of hydrogen-bond donors (Lipinski definition) is 2. The SMILES string of the molecule is CCc1ccc(O)c(C(=O)Nc2ccc([N+](=O)[O-])cc2C)c1. The van der Waals surface area contributed by atoms with Gasteiger partial charge in [0.2, 0.25) is 0 Å². The van der Waals surface area contributed by atoms with Crippen molar-refractivity contribution in [3.8, 4) is 5.75 Å². The Morgan fingerprint density at radius 1 is 1.27 bits per heavy atom. The van der Waals surface area contributed by atoms with E-state index < -0.39 is 10.8 Å². The van der Waals surface area contributed by atoms with Gasteiger partial charge in [-0.25, -0.2) is 0 Å². The highest BCUT2D eigenvalue weighted by molar-refractivity contribution is 6.06. The van der Waals surface area contributed by atoms with Crippen molar-refractivity contribution in [2.24, 2.45) is 0 Å². The molecule has 0 unspecified atom stereocenters. The number of carbonyl (C=O) groups excluding carboxylic acids is 1. The number of hydrogen-bond acceptors (Lipinski definition) is 4. The number of carbonyl (C=O) groups is 1. The quantitative estimate of drug-likeness (QED) is 0.668. The second-order valence-corrected chi connectivity index (χ2v) is 4.92. The van der Waals surface area contributed by atoms with Crippen LogP contribution in [0.25, 0.3) is 0 Å². The predicted molar refractivity (Wildman–Crippen MR) is 83.3 cm³/mol. The van der Waals surface area contributed by atoms with E-state index in [1.807, 2.05) is 6.92 Å². The van der Waals surface area contributed by atoms with Gasteiger partial charge in [0.05, 0.1) is 10.5 Å². The van der Waals surface area contributed by atoms with E-state index in [0.717, 1.165) is 12.0 Å². The van der Waals surface area contributed by atoms with Crippen LogP contribution < -0.4 is 5.32 Å². The number of non-ortho nitro benzene ring substituents is 1. The molecular weight excluding hydrogens is 284 g/mol. The molecule has 114 valence electrons. The van der Waals surface area contributed by atoms with Crippen molar-refractivity contribution in [1.82, 2.24) is 0 Å². The average Bonchev–Trinajstić information content (AvgIpc) is 2.49. The van der Waals surface area contributed by atoms with E-state index >= 15 is 0 Å². The molecule has 0 bridgehead atoms. The molecular formula is C16H16N2O4. The van der Waals surface area contributed by atoms with Crippen LogP contribution in [0.5, 0.6) is 5.75 Å². The Hall–Kier alpha value is -2.89. The number of nitro groups is 1. The van der Waals surface area contributed by atoms with E-state index in [0.29, 0.717) is 11.3 Å². The molecule has 22 heavy (non-hydrogen) atoms. The Bertz CT molecular complexity index is 741. The fourth-order valence-corrected chi connectivity index (χ4v) is 2.08. The Balaban J connectivity index is 2.27. The lowest BCUT2D eigenvalue weighted by Gasteiger charge is -2.10. The minimum atomic E-state index is -0.491. The molecule has 0 spiro atoms. The molecule has 0 aliphatic heterocycles. The smallest absolute Gasteiger partial charge is 0.269 e. The van der Waals surface area contributed by atoms with E-state index in [4.69, 9.17) is 0 Å². The number of amides is 1. The van der Waals surface area contributed by atoms with E-state index in [1.165, 1.54) is 24.3 Å². The molecule has 0 aromatic heterocycles. The lowest BCUT2D eigenvalue weighted by Crippen LogP contribution is -2.13. The molecule has 2 aromatic rings. The molecule has 0 atom stereocenters. The highest BCUT2D eigenvalue weighted by Gasteiger charge is 2.14. The number of benzene rings is 2.